The smallest absolute Gasteiger partial charge is 0.387 e. The quantitative estimate of drug-likeness (QED) is 0.607. The molecule has 0 unspecified atom stereocenters. The zero-order valence-electron chi connectivity index (χ0n) is 16.3. The third-order valence-electron chi connectivity index (χ3n) is 5.05. The van der Waals surface area contributed by atoms with Crippen molar-refractivity contribution >= 4 is 38.3 Å². The number of halogens is 2. The molecule has 0 radical (unpaired) electrons. The van der Waals surface area contributed by atoms with Gasteiger partial charge in [-0.15, -0.1) is 0 Å². The van der Waals surface area contributed by atoms with Gasteiger partial charge in [-0.3, -0.25) is 4.79 Å². The van der Waals surface area contributed by atoms with Crippen molar-refractivity contribution in [3.8, 4) is 11.5 Å². The van der Waals surface area contributed by atoms with Crippen LogP contribution in [0.15, 0.2) is 42.5 Å². The lowest BCUT2D eigenvalue weighted by Gasteiger charge is -2.31. The average molecular weight is 433 g/mol. The van der Waals surface area contributed by atoms with Crippen LogP contribution in [-0.2, 0) is 4.79 Å². The number of anilines is 2. The van der Waals surface area contributed by atoms with Crippen LogP contribution in [0, 0.1) is 5.92 Å². The number of fused-ring (bicyclic) bond motifs is 1. The Balaban J connectivity index is 1.35. The van der Waals surface area contributed by atoms with Gasteiger partial charge in [0.25, 0.3) is 0 Å². The zero-order valence-corrected chi connectivity index (χ0v) is 17.1. The molecule has 4 rings (SSSR count). The standard InChI is InChI=1S/C21H21F2N3O3S/c1-28-15-5-6-17-18(12-15)30-21(25-17)26-9-7-13(8-10-26)19(27)24-14-3-2-4-16(11-14)29-20(22)23/h2-6,11-13,20H,7-10H2,1H3,(H,24,27). The number of amides is 1. The summed E-state index contributed by atoms with van der Waals surface area (Å²) < 4.78 is 35.4. The van der Waals surface area contributed by atoms with Gasteiger partial charge in [0.1, 0.15) is 11.5 Å². The van der Waals surface area contributed by atoms with E-state index >= 15 is 0 Å². The molecule has 1 aliphatic heterocycles. The lowest BCUT2D eigenvalue weighted by molar-refractivity contribution is -0.120. The van der Waals surface area contributed by atoms with Crippen LogP contribution in [0.4, 0.5) is 19.6 Å². The molecule has 0 atom stereocenters. The molecule has 30 heavy (non-hydrogen) atoms. The van der Waals surface area contributed by atoms with Crippen LogP contribution in [0.1, 0.15) is 12.8 Å². The van der Waals surface area contributed by atoms with E-state index in [2.05, 4.69) is 15.0 Å². The van der Waals surface area contributed by atoms with Gasteiger partial charge in [0.15, 0.2) is 5.13 Å². The fraction of sp³-hybridized carbons (Fsp3) is 0.333. The Labute approximate surface area is 176 Å². The number of rotatable bonds is 6. The molecule has 158 valence electrons. The van der Waals surface area contributed by atoms with Gasteiger partial charge in [-0.05, 0) is 43.2 Å². The molecule has 6 nitrogen and oxygen atoms in total. The number of hydrogen-bond donors (Lipinski definition) is 1. The molecular weight excluding hydrogens is 412 g/mol. The van der Waals surface area contributed by atoms with E-state index in [4.69, 9.17) is 9.72 Å². The van der Waals surface area contributed by atoms with E-state index < -0.39 is 6.61 Å². The molecule has 9 heteroatoms. The molecule has 0 saturated carbocycles. The van der Waals surface area contributed by atoms with Gasteiger partial charge < -0.3 is 19.7 Å². The van der Waals surface area contributed by atoms with Gasteiger partial charge in [0, 0.05) is 30.8 Å². The summed E-state index contributed by atoms with van der Waals surface area (Å²) in [5, 5.41) is 3.74. The van der Waals surface area contributed by atoms with E-state index in [1.54, 1.807) is 30.6 Å². The minimum absolute atomic E-state index is 0.0186. The summed E-state index contributed by atoms with van der Waals surface area (Å²) in [6, 6.07) is 11.9. The minimum Gasteiger partial charge on any atom is -0.497 e. The fourth-order valence-electron chi connectivity index (χ4n) is 3.48. The van der Waals surface area contributed by atoms with Gasteiger partial charge in [0.2, 0.25) is 5.91 Å². The van der Waals surface area contributed by atoms with Crippen molar-refractivity contribution in [1.82, 2.24) is 4.98 Å². The second kappa shape index (κ2) is 8.83. The predicted molar refractivity (Wildman–Crippen MR) is 113 cm³/mol. The van der Waals surface area contributed by atoms with Crippen molar-refractivity contribution < 1.29 is 23.0 Å². The number of piperidine rings is 1. The molecular formula is C21H21F2N3O3S. The van der Waals surface area contributed by atoms with Crippen LogP contribution in [-0.4, -0.2) is 37.7 Å². The third-order valence-corrected chi connectivity index (χ3v) is 6.13. The molecule has 2 aromatic carbocycles. The number of benzene rings is 2. The molecule has 1 N–H and O–H groups in total. The number of carbonyl (C=O) groups excluding carboxylic acids is 1. The highest BCUT2D eigenvalue weighted by atomic mass is 32.1. The highest BCUT2D eigenvalue weighted by Crippen LogP contribution is 2.33. The molecule has 2 heterocycles. The number of nitrogens with one attached hydrogen (secondary N) is 1. The third kappa shape index (κ3) is 4.62. The largest absolute Gasteiger partial charge is 0.497 e. The second-order valence-electron chi connectivity index (χ2n) is 6.99. The lowest BCUT2D eigenvalue weighted by Crippen LogP contribution is -2.38. The molecule has 1 saturated heterocycles. The average Bonchev–Trinajstić information content (AvgIpc) is 3.17. The summed E-state index contributed by atoms with van der Waals surface area (Å²) in [7, 11) is 1.64. The Morgan fingerprint density at radius 1 is 1.20 bits per heavy atom. The summed E-state index contributed by atoms with van der Waals surface area (Å²) in [4.78, 5) is 19.5. The Hall–Kier alpha value is -2.94. The lowest BCUT2D eigenvalue weighted by atomic mass is 9.96. The number of ether oxygens (including phenoxy) is 2. The first-order valence-electron chi connectivity index (χ1n) is 9.57. The van der Waals surface area contributed by atoms with Crippen LogP contribution in [0.25, 0.3) is 10.2 Å². The molecule has 1 aromatic heterocycles. The Kier molecular flexibility index (Phi) is 5.98. The van der Waals surface area contributed by atoms with Crippen molar-refractivity contribution in [3.63, 3.8) is 0 Å². The van der Waals surface area contributed by atoms with E-state index in [-0.39, 0.29) is 17.6 Å². The van der Waals surface area contributed by atoms with Crippen LogP contribution in [0.2, 0.25) is 0 Å². The summed E-state index contributed by atoms with van der Waals surface area (Å²) in [5.74, 6) is 0.564. The molecule has 0 bridgehead atoms. The highest BCUT2D eigenvalue weighted by molar-refractivity contribution is 7.22. The van der Waals surface area contributed by atoms with Gasteiger partial charge in [0.05, 0.1) is 17.3 Å². The number of methoxy groups -OCH3 is 1. The first-order chi connectivity index (χ1) is 14.5. The topological polar surface area (TPSA) is 63.7 Å². The molecule has 1 fully saturated rings. The summed E-state index contributed by atoms with van der Waals surface area (Å²) in [5.41, 5.74) is 1.38. The first-order valence-corrected chi connectivity index (χ1v) is 10.4. The van der Waals surface area contributed by atoms with Crippen molar-refractivity contribution in [2.75, 3.05) is 30.4 Å². The monoisotopic (exact) mass is 433 g/mol. The van der Waals surface area contributed by atoms with E-state index in [0.29, 0.717) is 18.5 Å². The predicted octanol–water partition coefficient (Wildman–Crippen LogP) is 4.76. The maximum atomic E-state index is 12.6. The van der Waals surface area contributed by atoms with Crippen LogP contribution >= 0.6 is 11.3 Å². The number of thiazole rings is 1. The number of carbonyl (C=O) groups is 1. The van der Waals surface area contributed by atoms with Crippen molar-refractivity contribution in [2.24, 2.45) is 5.92 Å². The number of aromatic nitrogens is 1. The summed E-state index contributed by atoms with van der Waals surface area (Å²) in [6.45, 7) is -1.45. The van der Waals surface area contributed by atoms with Crippen molar-refractivity contribution in [1.29, 1.82) is 0 Å². The van der Waals surface area contributed by atoms with Gasteiger partial charge in [-0.1, -0.05) is 17.4 Å². The second-order valence-corrected chi connectivity index (χ2v) is 8.00. The Bertz CT molecular complexity index is 1040. The summed E-state index contributed by atoms with van der Waals surface area (Å²) >= 11 is 1.61. The Morgan fingerprint density at radius 3 is 2.73 bits per heavy atom. The zero-order chi connectivity index (χ0) is 21.1. The van der Waals surface area contributed by atoms with Crippen LogP contribution in [0.5, 0.6) is 11.5 Å². The van der Waals surface area contributed by atoms with Crippen LogP contribution in [0.3, 0.4) is 0 Å². The molecule has 1 aliphatic rings. The molecule has 3 aromatic rings. The van der Waals surface area contributed by atoms with E-state index in [1.165, 1.54) is 12.1 Å². The maximum absolute atomic E-state index is 12.6. The van der Waals surface area contributed by atoms with E-state index in [9.17, 15) is 13.6 Å². The Morgan fingerprint density at radius 2 is 2.00 bits per heavy atom. The molecule has 0 aliphatic carbocycles. The van der Waals surface area contributed by atoms with Gasteiger partial charge in [-0.2, -0.15) is 8.78 Å². The minimum atomic E-state index is -2.90. The molecule has 1 amide bonds. The first kappa shape index (κ1) is 20.3. The van der Waals surface area contributed by atoms with Gasteiger partial charge in [-0.25, -0.2) is 4.98 Å². The highest BCUT2D eigenvalue weighted by Gasteiger charge is 2.26. The van der Waals surface area contributed by atoms with Crippen LogP contribution < -0.4 is 19.7 Å². The fourth-order valence-corrected chi connectivity index (χ4v) is 4.53. The number of alkyl halides is 2. The number of nitrogens with zero attached hydrogens (tertiary/aromatic N) is 2. The van der Waals surface area contributed by atoms with Gasteiger partial charge >= 0.3 is 6.61 Å². The summed E-state index contributed by atoms with van der Waals surface area (Å²) in [6.07, 6.45) is 1.39. The van der Waals surface area contributed by atoms with Crippen molar-refractivity contribution in [3.05, 3.63) is 42.5 Å². The van der Waals surface area contributed by atoms with E-state index in [1.807, 2.05) is 18.2 Å². The normalized spacial score (nSPS) is 14.9. The molecule has 0 spiro atoms. The van der Waals surface area contributed by atoms with Crippen molar-refractivity contribution in [2.45, 2.75) is 19.5 Å². The SMILES string of the molecule is COc1ccc2nc(N3CCC(C(=O)Nc4cccc(OC(F)F)c4)CC3)sc2c1. The maximum Gasteiger partial charge on any atom is 0.387 e. The van der Waals surface area contributed by atoms with E-state index in [0.717, 1.165) is 34.2 Å². The number of hydrogen-bond acceptors (Lipinski definition) is 6.